The SMILES string of the molecule is CCOC(=O)[C@H](C)N[P@](=O)(OC[C@H]1O[C@@H](n2cnc3c(NC)nc(N)nc32)[C@](C)(F)[C@@H]1O)Oc1ccccc1. The quantitative estimate of drug-likeness (QED) is 0.195. The first-order valence-corrected chi connectivity index (χ1v) is 13.7. The van der Waals surface area contributed by atoms with Crippen LogP contribution in [0.15, 0.2) is 36.7 Å². The summed E-state index contributed by atoms with van der Waals surface area (Å²) in [7, 11) is -2.64. The number of hydrogen-bond acceptors (Lipinski definition) is 12. The number of para-hydroxylation sites is 1. The van der Waals surface area contributed by atoms with E-state index in [1.54, 1.807) is 44.3 Å². The number of benzene rings is 1. The van der Waals surface area contributed by atoms with Crippen molar-refractivity contribution in [3.63, 3.8) is 0 Å². The van der Waals surface area contributed by atoms with E-state index in [1.807, 2.05) is 0 Å². The Morgan fingerprint density at radius 2 is 2.08 bits per heavy atom. The summed E-state index contributed by atoms with van der Waals surface area (Å²) in [6.45, 7) is 3.76. The second kappa shape index (κ2) is 11.4. The molecule has 4 rings (SSSR count). The molecule has 1 aliphatic rings. The van der Waals surface area contributed by atoms with E-state index in [1.165, 1.54) is 17.8 Å². The molecule has 16 heteroatoms. The van der Waals surface area contributed by atoms with Crippen LogP contribution in [0, 0.1) is 0 Å². The molecule has 5 N–H and O–H groups in total. The largest absolute Gasteiger partial charge is 0.465 e. The lowest BCUT2D eigenvalue weighted by molar-refractivity contribution is -0.144. The van der Waals surface area contributed by atoms with Gasteiger partial charge in [-0.05, 0) is 32.9 Å². The summed E-state index contributed by atoms with van der Waals surface area (Å²) in [6, 6.07) is 7.05. The van der Waals surface area contributed by atoms with Crippen LogP contribution in [0.4, 0.5) is 16.2 Å². The number of nitrogen functional groups attached to an aromatic ring is 1. The second-order valence-corrected chi connectivity index (χ2v) is 10.6. The lowest BCUT2D eigenvalue weighted by atomic mass is 9.98. The maximum Gasteiger partial charge on any atom is 0.459 e. The molecular formula is C23H31FN7O7P. The zero-order valence-corrected chi connectivity index (χ0v) is 22.7. The first-order chi connectivity index (χ1) is 18.5. The van der Waals surface area contributed by atoms with Crippen molar-refractivity contribution in [1.82, 2.24) is 24.6 Å². The van der Waals surface area contributed by atoms with Crippen molar-refractivity contribution in [3.05, 3.63) is 36.7 Å². The number of carbonyl (C=O) groups excluding carboxylic acids is 1. The highest BCUT2D eigenvalue weighted by Crippen LogP contribution is 2.48. The first-order valence-electron chi connectivity index (χ1n) is 12.1. The average Bonchev–Trinajstić information content (AvgIpc) is 3.40. The Morgan fingerprint density at radius 1 is 1.36 bits per heavy atom. The number of alkyl halides is 1. The highest BCUT2D eigenvalue weighted by molar-refractivity contribution is 7.52. The summed E-state index contributed by atoms with van der Waals surface area (Å²) in [5.41, 5.74) is 3.94. The highest BCUT2D eigenvalue weighted by atomic mass is 31.2. The molecule has 212 valence electrons. The number of hydrogen-bond donors (Lipinski definition) is 4. The van der Waals surface area contributed by atoms with Crippen LogP contribution < -0.4 is 20.7 Å². The Bertz CT molecular complexity index is 1360. The van der Waals surface area contributed by atoms with Crippen molar-refractivity contribution in [1.29, 1.82) is 0 Å². The van der Waals surface area contributed by atoms with E-state index in [0.29, 0.717) is 11.3 Å². The maximum atomic E-state index is 15.9. The summed E-state index contributed by atoms with van der Waals surface area (Å²) >= 11 is 0. The molecule has 39 heavy (non-hydrogen) atoms. The number of carbonyl (C=O) groups is 1. The number of esters is 1. The van der Waals surface area contributed by atoms with Gasteiger partial charge in [0, 0.05) is 7.05 Å². The van der Waals surface area contributed by atoms with Gasteiger partial charge >= 0.3 is 13.7 Å². The number of imidazole rings is 1. The van der Waals surface area contributed by atoms with E-state index < -0.39 is 50.5 Å². The summed E-state index contributed by atoms with van der Waals surface area (Å²) in [4.78, 5) is 24.6. The fourth-order valence-electron chi connectivity index (χ4n) is 4.07. The Balaban J connectivity index is 1.57. The lowest BCUT2D eigenvalue weighted by Gasteiger charge is -2.25. The first kappa shape index (κ1) is 28.6. The van der Waals surface area contributed by atoms with Crippen LogP contribution in [-0.2, 0) is 23.4 Å². The fourth-order valence-corrected chi connectivity index (χ4v) is 5.57. The van der Waals surface area contributed by atoms with Gasteiger partial charge in [0.25, 0.3) is 0 Å². The molecule has 3 heterocycles. The number of rotatable bonds is 11. The minimum Gasteiger partial charge on any atom is -0.465 e. The van der Waals surface area contributed by atoms with Gasteiger partial charge in [0.15, 0.2) is 28.9 Å². The van der Waals surface area contributed by atoms with Crippen molar-refractivity contribution in [2.75, 3.05) is 31.3 Å². The maximum absolute atomic E-state index is 15.9. The fraction of sp³-hybridized carbons (Fsp3) is 0.478. The van der Waals surface area contributed by atoms with Crippen molar-refractivity contribution in [2.24, 2.45) is 0 Å². The van der Waals surface area contributed by atoms with Crippen LogP contribution in [0.2, 0.25) is 0 Å². The van der Waals surface area contributed by atoms with Gasteiger partial charge in [0.2, 0.25) is 5.95 Å². The zero-order chi connectivity index (χ0) is 28.4. The number of aliphatic hydroxyl groups is 1. The molecule has 2 aromatic heterocycles. The number of fused-ring (bicyclic) bond motifs is 1. The molecule has 6 atom stereocenters. The highest BCUT2D eigenvalue weighted by Gasteiger charge is 2.56. The molecule has 1 fully saturated rings. The number of ether oxygens (including phenoxy) is 2. The topological polar surface area (TPSA) is 185 Å². The summed E-state index contributed by atoms with van der Waals surface area (Å²) < 4.78 is 52.8. The second-order valence-electron chi connectivity index (χ2n) is 8.93. The molecule has 14 nitrogen and oxygen atoms in total. The predicted molar refractivity (Wildman–Crippen MR) is 139 cm³/mol. The van der Waals surface area contributed by atoms with Gasteiger partial charge in [-0.25, -0.2) is 13.9 Å². The summed E-state index contributed by atoms with van der Waals surface area (Å²) in [5.74, 6) is -0.238. The Hall–Kier alpha value is -3.36. The number of nitrogens with two attached hydrogens (primary N) is 1. The molecule has 1 saturated heterocycles. The van der Waals surface area contributed by atoms with E-state index in [2.05, 4.69) is 25.4 Å². The van der Waals surface area contributed by atoms with Gasteiger partial charge in [-0.3, -0.25) is 13.9 Å². The molecule has 1 aliphatic heterocycles. The van der Waals surface area contributed by atoms with E-state index in [4.69, 9.17) is 24.3 Å². The third kappa shape index (κ3) is 5.97. The van der Waals surface area contributed by atoms with E-state index in [-0.39, 0.29) is 24.0 Å². The molecule has 3 aromatic rings. The predicted octanol–water partition coefficient (Wildman–Crippen LogP) is 2.18. The van der Waals surface area contributed by atoms with E-state index in [9.17, 15) is 14.5 Å². The van der Waals surface area contributed by atoms with Crippen molar-refractivity contribution in [3.8, 4) is 5.75 Å². The van der Waals surface area contributed by atoms with Crippen LogP contribution in [-0.4, -0.2) is 74.8 Å². The normalized spacial score (nSPS) is 25.2. The zero-order valence-electron chi connectivity index (χ0n) is 21.8. The Kier molecular flexibility index (Phi) is 8.37. The van der Waals surface area contributed by atoms with Crippen LogP contribution in [0.3, 0.4) is 0 Å². The minimum atomic E-state index is -4.26. The number of halogens is 1. The number of nitrogens with one attached hydrogen (secondary N) is 2. The monoisotopic (exact) mass is 567 g/mol. The number of aliphatic hydroxyl groups excluding tert-OH is 1. The lowest BCUT2D eigenvalue weighted by Crippen LogP contribution is -2.41. The average molecular weight is 568 g/mol. The Morgan fingerprint density at radius 3 is 2.74 bits per heavy atom. The van der Waals surface area contributed by atoms with Crippen LogP contribution in [0.5, 0.6) is 5.75 Å². The molecule has 0 saturated carbocycles. The third-order valence-electron chi connectivity index (χ3n) is 6.01. The van der Waals surface area contributed by atoms with Gasteiger partial charge in [0.1, 0.15) is 24.0 Å². The number of anilines is 2. The number of aromatic nitrogens is 4. The third-order valence-corrected chi connectivity index (χ3v) is 7.66. The molecule has 0 unspecified atom stereocenters. The Labute approximate surface area is 223 Å². The van der Waals surface area contributed by atoms with Gasteiger partial charge in [-0.2, -0.15) is 15.1 Å². The molecular weight excluding hydrogens is 536 g/mol. The smallest absolute Gasteiger partial charge is 0.459 e. The van der Waals surface area contributed by atoms with E-state index in [0.717, 1.165) is 6.92 Å². The molecule has 0 aliphatic carbocycles. The van der Waals surface area contributed by atoms with Crippen LogP contribution >= 0.6 is 7.75 Å². The minimum absolute atomic E-state index is 0.0756. The summed E-state index contributed by atoms with van der Waals surface area (Å²) in [5, 5.41) is 16.2. The van der Waals surface area contributed by atoms with Crippen LogP contribution in [0.1, 0.15) is 27.0 Å². The van der Waals surface area contributed by atoms with Gasteiger partial charge in [-0.1, -0.05) is 18.2 Å². The summed E-state index contributed by atoms with van der Waals surface area (Å²) in [6.07, 6.45) is -3.11. The molecule has 0 bridgehead atoms. The van der Waals surface area contributed by atoms with Crippen molar-refractivity contribution >= 4 is 36.6 Å². The molecule has 0 amide bonds. The van der Waals surface area contributed by atoms with Crippen molar-refractivity contribution < 1.29 is 37.4 Å². The molecule has 0 radical (unpaired) electrons. The van der Waals surface area contributed by atoms with Crippen LogP contribution in [0.25, 0.3) is 11.2 Å². The standard InChI is InChI=1S/C23H31FN7O7P/c1-5-35-20(33)13(2)30-39(34,38-14-9-7-6-8-10-14)36-11-15-17(32)23(3,24)21(37-15)31-12-27-16-18(26-4)28-22(25)29-19(16)31/h6-10,12-13,15,17,21,32H,5,11H2,1-4H3,(H,30,34)(H3,25,26,28,29)/t13-,15+,17+,21+,23+,39-/m0/s1. The van der Waals surface area contributed by atoms with Crippen molar-refractivity contribution in [2.45, 2.75) is 50.9 Å². The molecule has 1 aromatic carbocycles. The van der Waals surface area contributed by atoms with Gasteiger partial charge in [0.05, 0.1) is 19.5 Å². The van der Waals surface area contributed by atoms with Gasteiger partial charge < -0.3 is 30.2 Å². The number of nitrogens with zero attached hydrogens (tertiary/aromatic N) is 4. The van der Waals surface area contributed by atoms with E-state index >= 15 is 4.39 Å². The van der Waals surface area contributed by atoms with Gasteiger partial charge in [-0.15, -0.1) is 0 Å². The molecule has 0 spiro atoms.